The van der Waals surface area contributed by atoms with Crippen LogP contribution in [0.1, 0.15) is 30.7 Å². The van der Waals surface area contributed by atoms with Crippen molar-refractivity contribution in [1.82, 2.24) is 13.9 Å². The Kier molecular flexibility index (Phi) is 5.47. The zero-order valence-electron chi connectivity index (χ0n) is 17.4. The minimum absolute atomic E-state index is 0.0182. The summed E-state index contributed by atoms with van der Waals surface area (Å²) in [5, 5.41) is 10.7. The molecule has 0 aliphatic carbocycles. The number of piperidine rings is 1. The van der Waals surface area contributed by atoms with E-state index in [1.54, 1.807) is 12.1 Å². The van der Waals surface area contributed by atoms with Crippen LogP contribution in [0.2, 0.25) is 5.02 Å². The number of aromatic nitrogens is 2. The van der Waals surface area contributed by atoms with Crippen LogP contribution < -0.4 is 5.56 Å². The Morgan fingerprint density at radius 3 is 2.48 bits per heavy atom. The van der Waals surface area contributed by atoms with Crippen LogP contribution in [-0.4, -0.2) is 38.6 Å². The van der Waals surface area contributed by atoms with Crippen molar-refractivity contribution in [1.29, 1.82) is 0 Å². The first-order valence-electron chi connectivity index (χ1n) is 10.9. The maximum atomic E-state index is 13.1. The van der Waals surface area contributed by atoms with Crippen molar-refractivity contribution in [2.24, 2.45) is 0 Å². The number of aryl methyl sites for hydroxylation is 1. The molecule has 0 spiro atoms. The molecule has 1 aliphatic heterocycles. The Morgan fingerprint density at radius 1 is 0.935 bits per heavy atom. The van der Waals surface area contributed by atoms with Gasteiger partial charge in [0.25, 0.3) is 5.56 Å². The number of likely N-dealkylation sites (tertiary alicyclic amines) is 1. The maximum Gasteiger partial charge on any atom is 0.275 e. The summed E-state index contributed by atoms with van der Waals surface area (Å²) in [6.45, 7) is 3.80. The molecule has 1 saturated heterocycles. The molecule has 0 radical (unpaired) electrons. The van der Waals surface area contributed by atoms with Crippen LogP contribution >= 0.6 is 11.6 Å². The molecule has 1 fully saturated rings. The quantitative estimate of drug-likeness (QED) is 0.486. The van der Waals surface area contributed by atoms with Crippen molar-refractivity contribution in [2.75, 3.05) is 19.6 Å². The first-order valence-corrected chi connectivity index (χ1v) is 11.3. The molecule has 1 N–H and O–H groups in total. The van der Waals surface area contributed by atoms with Crippen LogP contribution in [0.4, 0.5) is 0 Å². The fraction of sp³-hybridized carbons (Fsp3) is 0.320. The number of phenolic OH excluding ortho intramolecular Hbond substituents is 1. The third kappa shape index (κ3) is 3.95. The molecule has 5 rings (SSSR count). The van der Waals surface area contributed by atoms with Crippen LogP contribution in [-0.2, 0) is 6.54 Å². The maximum absolute atomic E-state index is 13.1. The molecule has 0 unspecified atom stereocenters. The number of hydrogen-bond acceptors (Lipinski definition) is 3. The minimum atomic E-state index is 0.0182. The van der Waals surface area contributed by atoms with Crippen molar-refractivity contribution in [2.45, 2.75) is 31.7 Å². The molecular weight excluding hydrogens is 410 g/mol. The normalized spacial score (nSPS) is 15.8. The average molecular weight is 436 g/mol. The van der Waals surface area contributed by atoms with Crippen LogP contribution in [0.3, 0.4) is 0 Å². The average Bonchev–Trinajstić information content (AvgIpc) is 3.28. The van der Waals surface area contributed by atoms with Crippen molar-refractivity contribution < 1.29 is 5.11 Å². The lowest BCUT2D eigenvalue weighted by atomic mass is 9.89. The van der Waals surface area contributed by atoms with E-state index in [1.165, 1.54) is 5.56 Å². The predicted octanol–water partition coefficient (Wildman–Crippen LogP) is 4.88. The fourth-order valence-electron chi connectivity index (χ4n) is 4.85. The Hall–Kier alpha value is -2.76. The number of halogens is 1. The van der Waals surface area contributed by atoms with Crippen molar-refractivity contribution in [3.8, 4) is 5.75 Å². The second-order valence-corrected chi connectivity index (χ2v) is 8.85. The van der Waals surface area contributed by atoms with Gasteiger partial charge in [0, 0.05) is 23.8 Å². The van der Waals surface area contributed by atoms with Crippen molar-refractivity contribution in [3.05, 3.63) is 81.7 Å². The highest BCUT2D eigenvalue weighted by Gasteiger charge is 2.20. The summed E-state index contributed by atoms with van der Waals surface area (Å²) in [6.07, 6.45) is 5.09. The van der Waals surface area contributed by atoms with Gasteiger partial charge in [-0.15, -0.1) is 0 Å². The van der Waals surface area contributed by atoms with E-state index in [4.69, 9.17) is 11.6 Å². The smallest absolute Gasteiger partial charge is 0.275 e. The van der Waals surface area contributed by atoms with Gasteiger partial charge >= 0.3 is 0 Å². The molecule has 2 aromatic carbocycles. The largest absolute Gasteiger partial charge is 0.508 e. The zero-order chi connectivity index (χ0) is 21.4. The molecule has 2 aromatic heterocycles. The Morgan fingerprint density at radius 2 is 1.71 bits per heavy atom. The molecule has 0 bridgehead atoms. The molecule has 0 atom stereocenters. The number of phenols is 1. The van der Waals surface area contributed by atoms with Crippen molar-refractivity contribution >= 4 is 28.2 Å². The molecular formula is C25H26ClN3O2. The monoisotopic (exact) mass is 435 g/mol. The molecule has 3 heterocycles. The van der Waals surface area contributed by atoms with Crippen LogP contribution in [0.25, 0.3) is 16.6 Å². The lowest BCUT2D eigenvalue weighted by molar-refractivity contribution is 0.207. The molecule has 31 heavy (non-hydrogen) atoms. The highest BCUT2D eigenvalue weighted by molar-refractivity contribution is 6.30. The first-order chi connectivity index (χ1) is 15.1. The lowest BCUT2D eigenvalue weighted by Gasteiger charge is -2.32. The Balaban J connectivity index is 1.26. The Bertz CT molecular complexity index is 1270. The van der Waals surface area contributed by atoms with Gasteiger partial charge in [0.2, 0.25) is 0 Å². The van der Waals surface area contributed by atoms with Gasteiger partial charge in [0.1, 0.15) is 11.3 Å². The predicted molar refractivity (Wildman–Crippen MR) is 125 cm³/mol. The number of aromatic hydroxyl groups is 1. The fourth-order valence-corrected chi connectivity index (χ4v) is 4.97. The highest BCUT2D eigenvalue weighted by Crippen LogP contribution is 2.29. The van der Waals surface area contributed by atoms with E-state index in [1.807, 2.05) is 45.5 Å². The summed E-state index contributed by atoms with van der Waals surface area (Å²) < 4.78 is 3.71. The topological polar surface area (TPSA) is 49.9 Å². The van der Waals surface area contributed by atoms with E-state index in [0.29, 0.717) is 18.0 Å². The summed E-state index contributed by atoms with van der Waals surface area (Å²) in [5.74, 6) is 0.806. The molecule has 0 saturated carbocycles. The minimum Gasteiger partial charge on any atom is -0.508 e. The SMILES string of the molecule is O=c1c2cccn2c2cc(O)ccc2n1CCCN1CCC(c2ccc(Cl)cc2)CC1. The van der Waals surface area contributed by atoms with E-state index in [-0.39, 0.29) is 11.3 Å². The van der Waals surface area contributed by atoms with Crippen LogP contribution in [0.5, 0.6) is 5.75 Å². The third-order valence-electron chi connectivity index (χ3n) is 6.51. The summed E-state index contributed by atoms with van der Waals surface area (Å²) in [7, 11) is 0. The van der Waals surface area contributed by atoms with Gasteiger partial charge in [-0.05, 0) is 86.8 Å². The number of hydrogen-bond donors (Lipinski definition) is 1. The van der Waals surface area contributed by atoms with E-state index < -0.39 is 0 Å². The van der Waals surface area contributed by atoms with Gasteiger partial charge in [-0.25, -0.2) is 0 Å². The van der Waals surface area contributed by atoms with E-state index in [0.717, 1.165) is 55.0 Å². The van der Waals surface area contributed by atoms with E-state index >= 15 is 0 Å². The summed E-state index contributed by atoms with van der Waals surface area (Å²) in [5.41, 5.74) is 3.74. The molecule has 160 valence electrons. The number of fused-ring (bicyclic) bond motifs is 3. The van der Waals surface area contributed by atoms with Crippen LogP contribution in [0.15, 0.2) is 65.6 Å². The van der Waals surface area contributed by atoms with E-state index in [9.17, 15) is 9.90 Å². The van der Waals surface area contributed by atoms with Crippen molar-refractivity contribution in [3.63, 3.8) is 0 Å². The summed E-state index contributed by atoms with van der Waals surface area (Å²) in [4.78, 5) is 15.6. The summed E-state index contributed by atoms with van der Waals surface area (Å²) in [6, 6.07) is 17.2. The van der Waals surface area contributed by atoms with E-state index in [2.05, 4.69) is 17.0 Å². The molecule has 0 amide bonds. The Labute approximate surface area is 186 Å². The molecule has 5 nitrogen and oxygen atoms in total. The molecule has 6 heteroatoms. The lowest BCUT2D eigenvalue weighted by Crippen LogP contribution is -2.34. The van der Waals surface area contributed by atoms with Gasteiger partial charge in [-0.1, -0.05) is 23.7 Å². The second-order valence-electron chi connectivity index (χ2n) is 8.41. The standard InChI is InChI=1S/C25H26ClN3O2/c26-20-6-4-18(5-7-20)19-10-15-27(16-11-19)12-2-14-29-22-9-8-21(30)17-24(22)28-13-1-3-23(28)25(29)31/h1,3-9,13,17,19,30H,2,10-12,14-16H2. The third-order valence-corrected chi connectivity index (χ3v) is 6.76. The summed E-state index contributed by atoms with van der Waals surface area (Å²) >= 11 is 6.02. The van der Waals surface area contributed by atoms with Gasteiger partial charge < -0.3 is 19.0 Å². The van der Waals surface area contributed by atoms with Gasteiger partial charge in [-0.2, -0.15) is 0 Å². The number of nitrogens with zero attached hydrogens (tertiary/aromatic N) is 3. The first kappa shape index (κ1) is 20.2. The van der Waals surface area contributed by atoms with Crippen LogP contribution in [0, 0.1) is 0 Å². The number of rotatable bonds is 5. The molecule has 4 aromatic rings. The number of benzene rings is 2. The van der Waals surface area contributed by atoms with Gasteiger partial charge in [0.15, 0.2) is 0 Å². The van der Waals surface area contributed by atoms with Gasteiger partial charge in [-0.3, -0.25) is 4.79 Å². The second kappa shape index (κ2) is 8.40. The highest BCUT2D eigenvalue weighted by atomic mass is 35.5. The van der Waals surface area contributed by atoms with Gasteiger partial charge in [0.05, 0.1) is 11.0 Å². The zero-order valence-corrected chi connectivity index (χ0v) is 18.1. The molecule has 1 aliphatic rings.